The molecular weight excluding hydrogens is 254 g/mol. The first-order valence-corrected chi connectivity index (χ1v) is 7.62. The molecule has 0 saturated heterocycles. The molecule has 0 aliphatic heterocycles. The number of hydrogen-bond donors (Lipinski definition) is 0. The van der Waals surface area contributed by atoms with E-state index < -0.39 is 0 Å². The lowest BCUT2D eigenvalue weighted by Gasteiger charge is -2.07. The molecule has 0 bridgehead atoms. The molecule has 20 heavy (non-hydrogen) atoms. The molecule has 1 aromatic heterocycles. The number of hydrogen-bond acceptors (Lipinski definition) is 4. The summed E-state index contributed by atoms with van der Waals surface area (Å²) in [6.07, 6.45) is 4.39. The van der Waals surface area contributed by atoms with Crippen LogP contribution < -0.4 is 0 Å². The molecule has 2 aliphatic rings. The first kappa shape index (κ1) is 13.6. The summed E-state index contributed by atoms with van der Waals surface area (Å²) in [6, 6.07) is 0. The number of nitrogens with zero attached hydrogens (tertiary/aromatic N) is 3. The smallest absolute Gasteiger partial charge is 0.308 e. The van der Waals surface area contributed by atoms with Crippen molar-refractivity contribution in [3.05, 3.63) is 11.4 Å². The summed E-state index contributed by atoms with van der Waals surface area (Å²) in [4.78, 5) is 11.6. The van der Waals surface area contributed by atoms with Crippen LogP contribution in [0.15, 0.2) is 0 Å². The highest BCUT2D eigenvalue weighted by Gasteiger charge is 2.50. The van der Waals surface area contributed by atoms with Gasteiger partial charge in [-0.05, 0) is 43.4 Å². The molecule has 0 amide bonds. The van der Waals surface area contributed by atoms with Gasteiger partial charge >= 0.3 is 5.97 Å². The van der Waals surface area contributed by atoms with Gasteiger partial charge in [-0.3, -0.25) is 9.48 Å². The highest BCUT2D eigenvalue weighted by atomic mass is 16.5. The summed E-state index contributed by atoms with van der Waals surface area (Å²) in [7, 11) is 1.97. The van der Waals surface area contributed by atoms with Crippen molar-refractivity contribution in [2.24, 2.45) is 30.7 Å². The van der Waals surface area contributed by atoms with Crippen LogP contribution in [0.2, 0.25) is 0 Å². The van der Waals surface area contributed by atoms with Gasteiger partial charge in [0.2, 0.25) is 0 Å². The normalized spacial score (nSPS) is 28.3. The van der Waals surface area contributed by atoms with E-state index in [2.05, 4.69) is 10.3 Å². The second-order valence-corrected chi connectivity index (χ2v) is 6.46. The zero-order valence-electron chi connectivity index (χ0n) is 12.5. The van der Waals surface area contributed by atoms with Gasteiger partial charge in [0.15, 0.2) is 0 Å². The zero-order valence-corrected chi connectivity index (χ0v) is 12.5. The van der Waals surface area contributed by atoms with Gasteiger partial charge in [0.1, 0.15) is 0 Å². The van der Waals surface area contributed by atoms with Crippen molar-refractivity contribution in [3.63, 3.8) is 0 Å². The molecule has 3 atom stereocenters. The van der Waals surface area contributed by atoms with Crippen LogP contribution in [0.3, 0.4) is 0 Å². The van der Waals surface area contributed by atoms with E-state index in [0.29, 0.717) is 18.4 Å². The second-order valence-electron chi connectivity index (χ2n) is 6.46. The zero-order chi connectivity index (χ0) is 14.3. The summed E-state index contributed by atoms with van der Waals surface area (Å²) in [5.41, 5.74) is 2.45. The van der Waals surface area contributed by atoms with Crippen molar-refractivity contribution in [2.45, 2.75) is 39.5 Å². The van der Waals surface area contributed by atoms with E-state index in [1.165, 1.54) is 12.1 Å². The van der Waals surface area contributed by atoms with Crippen LogP contribution in [0.25, 0.3) is 0 Å². The lowest BCUT2D eigenvalue weighted by molar-refractivity contribution is -0.148. The molecule has 1 fully saturated rings. The lowest BCUT2D eigenvalue weighted by atomic mass is 10.0. The van der Waals surface area contributed by atoms with Gasteiger partial charge in [-0.2, -0.15) is 0 Å². The molecular formula is C15H23N3O2. The maximum atomic E-state index is 11.6. The van der Waals surface area contributed by atoms with E-state index in [9.17, 15) is 4.79 Å². The van der Waals surface area contributed by atoms with E-state index in [4.69, 9.17) is 4.74 Å². The van der Waals surface area contributed by atoms with Crippen LogP contribution in [0.4, 0.5) is 0 Å². The predicted octanol–water partition coefficient (Wildman–Crippen LogP) is 1.76. The van der Waals surface area contributed by atoms with Gasteiger partial charge in [0.05, 0.1) is 23.9 Å². The Bertz CT molecular complexity index is 509. The molecule has 0 aromatic carbocycles. The molecule has 0 spiro atoms. The minimum atomic E-state index is -0.0709. The van der Waals surface area contributed by atoms with E-state index in [0.717, 1.165) is 30.9 Å². The Morgan fingerprint density at radius 3 is 2.75 bits per heavy atom. The summed E-state index contributed by atoms with van der Waals surface area (Å²) >= 11 is 0. The van der Waals surface area contributed by atoms with Gasteiger partial charge < -0.3 is 4.74 Å². The fourth-order valence-corrected chi connectivity index (χ4v) is 3.50. The quantitative estimate of drug-likeness (QED) is 0.790. The van der Waals surface area contributed by atoms with Gasteiger partial charge in [0.25, 0.3) is 0 Å². The van der Waals surface area contributed by atoms with E-state index >= 15 is 0 Å². The SMILES string of the molecule is CC(C)C(=O)OC[C@@H]1[C@@H]2CCc3c(nnn3C)CC[C@@H]21. The van der Waals surface area contributed by atoms with Gasteiger partial charge in [-0.15, -0.1) is 5.10 Å². The largest absolute Gasteiger partial charge is 0.465 e. The molecule has 1 saturated carbocycles. The fraction of sp³-hybridized carbons (Fsp3) is 0.800. The number of rotatable bonds is 3. The Kier molecular flexibility index (Phi) is 3.52. The summed E-state index contributed by atoms with van der Waals surface area (Å²) in [6.45, 7) is 4.37. The van der Waals surface area contributed by atoms with Gasteiger partial charge in [-0.25, -0.2) is 0 Å². The third kappa shape index (κ3) is 2.45. The van der Waals surface area contributed by atoms with Crippen LogP contribution >= 0.6 is 0 Å². The van der Waals surface area contributed by atoms with Crippen molar-refractivity contribution >= 4 is 5.97 Å². The van der Waals surface area contributed by atoms with Gasteiger partial charge in [0, 0.05) is 7.05 Å². The highest BCUT2D eigenvalue weighted by molar-refractivity contribution is 5.71. The molecule has 5 heteroatoms. The first-order chi connectivity index (χ1) is 9.58. The fourth-order valence-electron chi connectivity index (χ4n) is 3.50. The summed E-state index contributed by atoms with van der Waals surface area (Å²) in [5, 5.41) is 8.38. The summed E-state index contributed by atoms with van der Waals surface area (Å²) in [5.74, 6) is 1.90. The Labute approximate surface area is 119 Å². The van der Waals surface area contributed by atoms with Crippen LogP contribution in [0.5, 0.6) is 0 Å². The maximum Gasteiger partial charge on any atom is 0.308 e. The third-order valence-corrected chi connectivity index (χ3v) is 4.85. The number of aryl methyl sites for hydroxylation is 2. The minimum absolute atomic E-state index is 0.0270. The average molecular weight is 277 g/mol. The molecule has 1 heterocycles. The van der Waals surface area contributed by atoms with E-state index in [1.807, 2.05) is 25.6 Å². The standard InChI is InChI=1S/C15H23N3O2/c1-9(2)15(19)20-8-12-10-4-6-13-14(7-5-11(10)12)18(3)17-16-13/h9-12H,4-8H2,1-3H3/t10-,11+,12-/m0/s1. The van der Waals surface area contributed by atoms with Crippen LogP contribution in [-0.4, -0.2) is 27.6 Å². The van der Waals surface area contributed by atoms with Crippen molar-refractivity contribution in [2.75, 3.05) is 6.61 Å². The Morgan fingerprint density at radius 1 is 1.35 bits per heavy atom. The van der Waals surface area contributed by atoms with Crippen molar-refractivity contribution in [3.8, 4) is 0 Å². The first-order valence-electron chi connectivity index (χ1n) is 7.62. The Hall–Kier alpha value is -1.39. The van der Waals surface area contributed by atoms with Crippen LogP contribution in [-0.2, 0) is 29.4 Å². The molecule has 0 unspecified atom stereocenters. The van der Waals surface area contributed by atoms with Gasteiger partial charge in [-0.1, -0.05) is 19.1 Å². The van der Waals surface area contributed by atoms with Crippen molar-refractivity contribution in [1.29, 1.82) is 0 Å². The highest BCUT2D eigenvalue weighted by Crippen LogP contribution is 2.52. The molecule has 110 valence electrons. The Balaban J connectivity index is 1.57. The van der Waals surface area contributed by atoms with Crippen LogP contribution in [0.1, 0.15) is 38.1 Å². The summed E-state index contributed by atoms with van der Waals surface area (Å²) < 4.78 is 7.32. The number of fused-ring (bicyclic) bond motifs is 2. The van der Waals surface area contributed by atoms with Crippen molar-refractivity contribution < 1.29 is 9.53 Å². The average Bonchev–Trinajstić information content (AvgIpc) is 2.93. The lowest BCUT2D eigenvalue weighted by Crippen LogP contribution is -2.14. The number of ether oxygens (including phenoxy) is 1. The van der Waals surface area contributed by atoms with E-state index in [-0.39, 0.29) is 11.9 Å². The topological polar surface area (TPSA) is 57.0 Å². The number of carbonyl (C=O) groups excluding carboxylic acids is 1. The maximum absolute atomic E-state index is 11.6. The Morgan fingerprint density at radius 2 is 2.05 bits per heavy atom. The number of aromatic nitrogens is 3. The predicted molar refractivity (Wildman–Crippen MR) is 73.9 cm³/mol. The minimum Gasteiger partial charge on any atom is -0.465 e. The van der Waals surface area contributed by atoms with Crippen molar-refractivity contribution in [1.82, 2.24) is 15.0 Å². The van der Waals surface area contributed by atoms with Crippen LogP contribution in [0, 0.1) is 23.7 Å². The molecule has 0 N–H and O–H groups in total. The second kappa shape index (κ2) is 5.19. The molecule has 0 radical (unpaired) electrons. The third-order valence-electron chi connectivity index (χ3n) is 4.85. The molecule has 1 aromatic rings. The molecule has 3 rings (SSSR count). The molecule has 5 nitrogen and oxygen atoms in total. The van der Waals surface area contributed by atoms with E-state index in [1.54, 1.807) is 0 Å². The number of carbonyl (C=O) groups is 1. The number of esters is 1. The molecule has 2 aliphatic carbocycles. The monoisotopic (exact) mass is 277 g/mol.